The minimum atomic E-state index is -0.434. The maximum Gasteiger partial charge on any atom is 0.246 e. The number of benzene rings is 2. The Morgan fingerprint density at radius 3 is 2.54 bits per heavy atom. The fraction of sp³-hybridized carbons (Fsp3) is 0.382. The molecule has 0 atom stereocenters. The second-order valence-corrected chi connectivity index (χ2v) is 11.1. The van der Waals surface area contributed by atoms with Gasteiger partial charge in [-0.1, -0.05) is 31.2 Å². The van der Waals surface area contributed by atoms with Crippen LogP contribution < -0.4 is 16.0 Å². The van der Waals surface area contributed by atoms with Crippen LogP contribution in [0.15, 0.2) is 48.7 Å². The average molecular weight is 631 g/mol. The van der Waals surface area contributed by atoms with Gasteiger partial charge in [-0.05, 0) is 55.5 Å². The first-order valence-electron chi connectivity index (χ1n) is 15.6. The molecule has 2 aromatic heterocycles. The highest BCUT2D eigenvalue weighted by Crippen LogP contribution is 2.31. The number of pyridine rings is 1. The molecule has 0 aliphatic carbocycles. The Morgan fingerprint density at radius 2 is 1.83 bits per heavy atom. The molecule has 3 N–H and O–H groups in total. The number of carbonyl (C=O) groups excluding carboxylic acids is 3. The van der Waals surface area contributed by atoms with Crippen LogP contribution in [0.4, 0.5) is 10.1 Å². The van der Waals surface area contributed by atoms with E-state index >= 15 is 0 Å². The van der Waals surface area contributed by atoms with Crippen LogP contribution in [0.25, 0.3) is 22.2 Å². The molecule has 1 saturated heterocycles. The predicted molar refractivity (Wildman–Crippen MR) is 172 cm³/mol. The number of nitrogens with zero attached hydrogens (tertiary/aromatic N) is 3. The summed E-state index contributed by atoms with van der Waals surface area (Å²) in [7, 11) is 0. The first-order valence-corrected chi connectivity index (χ1v) is 15.6. The Labute approximate surface area is 266 Å². The van der Waals surface area contributed by atoms with E-state index in [0.717, 1.165) is 40.8 Å². The quantitative estimate of drug-likeness (QED) is 0.177. The molecule has 12 heteroatoms. The smallest absolute Gasteiger partial charge is 0.246 e. The summed E-state index contributed by atoms with van der Waals surface area (Å²) in [6.45, 7) is 5.91. The Kier molecular flexibility index (Phi) is 11.1. The number of halogens is 1. The molecular formula is C34H39FN6O5. The first kappa shape index (κ1) is 32.7. The zero-order valence-electron chi connectivity index (χ0n) is 26.1. The van der Waals surface area contributed by atoms with Crippen molar-refractivity contribution in [2.75, 3.05) is 31.7 Å². The molecule has 0 saturated carbocycles. The number of aromatic nitrogens is 3. The number of aryl methyl sites for hydroxylation is 2. The van der Waals surface area contributed by atoms with Crippen LogP contribution in [0, 0.1) is 5.82 Å². The third kappa shape index (κ3) is 7.93. The van der Waals surface area contributed by atoms with Crippen LogP contribution in [0.3, 0.4) is 0 Å². The number of nitrogens with one attached hydrogen (secondary N) is 3. The van der Waals surface area contributed by atoms with Crippen molar-refractivity contribution in [2.45, 2.75) is 58.8 Å². The number of amides is 2. The molecular weight excluding hydrogens is 591 g/mol. The molecule has 0 unspecified atom stereocenters. The van der Waals surface area contributed by atoms with E-state index in [1.54, 1.807) is 36.4 Å². The lowest BCUT2D eigenvalue weighted by atomic mass is 10.0. The predicted octanol–water partition coefficient (Wildman–Crippen LogP) is 4.17. The maximum absolute atomic E-state index is 14.5. The Morgan fingerprint density at radius 1 is 1.07 bits per heavy atom. The van der Waals surface area contributed by atoms with E-state index in [4.69, 9.17) is 14.5 Å². The van der Waals surface area contributed by atoms with Gasteiger partial charge in [-0.2, -0.15) is 5.10 Å². The molecule has 1 fully saturated rings. The fourth-order valence-corrected chi connectivity index (χ4v) is 5.51. The minimum Gasteiger partial charge on any atom is -0.381 e. The summed E-state index contributed by atoms with van der Waals surface area (Å²) in [4.78, 5) is 41.2. The average Bonchev–Trinajstić information content (AvgIpc) is 3.50. The Balaban J connectivity index is 1.15. The lowest BCUT2D eigenvalue weighted by Crippen LogP contribution is -2.32. The van der Waals surface area contributed by atoms with Crippen molar-refractivity contribution in [3.05, 3.63) is 76.9 Å². The lowest BCUT2D eigenvalue weighted by Gasteiger charge is -2.26. The van der Waals surface area contributed by atoms with Crippen LogP contribution in [0.1, 0.15) is 53.9 Å². The molecule has 46 heavy (non-hydrogen) atoms. The zero-order chi connectivity index (χ0) is 32.5. The van der Waals surface area contributed by atoms with E-state index in [0.29, 0.717) is 54.7 Å². The highest BCUT2D eigenvalue weighted by molar-refractivity contribution is 5.92. The number of aldehydes is 1. The standard InChI is InChI=1S/C34H39FN6O5/c1-3-30-27(33(39-25-10-12-45-13-11-25)28-18-38-41(4-2)34(28)40-30)17-37-32(44)21-46-20-31(43)36-16-22-8-9-29(35)26(15-22)24-7-5-6-23(14-24)19-42/h5-9,14-15,18-19,25H,3-4,10-13,16-17,20-21H2,1-2H3,(H,36,43)(H,37,44)(H,39,40). The fourth-order valence-electron chi connectivity index (χ4n) is 5.51. The van der Waals surface area contributed by atoms with E-state index in [2.05, 4.69) is 21.0 Å². The summed E-state index contributed by atoms with van der Waals surface area (Å²) in [5, 5.41) is 14.8. The monoisotopic (exact) mass is 630 g/mol. The molecule has 1 aliphatic rings. The molecule has 3 heterocycles. The topological polar surface area (TPSA) is 136 Å². The van der Waals surface area contributed by atoms with E-state index < -0.39 is 11.7 Å². The van der Waals surface area contributed by atoms with Crippen LogP contribution >= 0.6 is 0 Å². The van der Waals surface area contributed by atoms with Crippen molar-refractivity contribution in [1.82, 2.24) is 25.4 Å². The molecule has 242 valence electrons. The van der Waals surface area contributed by atoms with Gasteiger partial charge in [0.1, 0.15) is 25.3 Å². The third-order valence-electron chi connectivity index (χ3n) is 7.96. The van der Waals surface area contributed by atoms with Gasteiger partial charge in [0.25, 0.3) is 0 Å². The molecule has 0 bridgehead atoms. The van der Waals surface area contributed by atoms with Gasteiger partial charge in [-0.25, -0.2) is 14.1 Å². The summed E-state index contributed by atoms with van der Waals surface area (Å²) in [5.74, 6) is -1.21. The van der Waals surface area contributed by atoms with Gasteiger partial charge in [0, 0.05) is 61.3 Å². The lowest BCUT2D eigenvalue weighted by molar-refractivity contribution is -0.131. The highest BCUT2D eigenvalue weighted by atomic mass is 19.1. The second-order valence-electron chi connectivity index (χ2n) is 11.1. The molecule has 0 spiro atoms. The van der Waals surface area contributed by atoms with Crippen molar-refractivity contribution in [3.63, 3.8) is 0 Å². The van der Waals surface area contributed by atoms with Crippen molar-refractivity contribution in [2.24, 2.45) is 0 Å². The number of ether oxygens (including phenoxy) is 2. The van der Waals surface area contributed by atoms with Gasteiger partial charge in [-0.15, -0.1) is 0 Å². The summed E-state index contributed by atoms with van der Waals surface area (Å²) < 4.78 is 27.3. The molecule has 4 aromatic rings. The van der Waals surface area contributed by atoms with Crippen molar-refractivity contribution >= 4 is 34.8 Å². The van der Waals surface area contributed by atoms with Crippen LogP contribution in [0.2, 0.25) is 0 Å². The van der Waals surface area contributed by atoms with E-state index in [9.17, 15) is 18.8 Å². The molecule has 11 nitrogen and oxygen atoms in total. The van der Waals surface area contributed by atoms with E-state index in [-0.39, 0.29) is 38.3 Å². The van der Waals surface area contributed by atoms with Crippen LogP contribution in [0.5, 0.6) is 0 Å². The molecule has 2 amide bonds. The van der Waals surface area contributed by atoms with Crippen molar-refractivity contribution in [3.8, 4) is 11.1 Å². The molecule has 1 aliphatic heterocycles. The molecule has 0 radical (unpaired) electrons. The second kappa shape index (κ2) is 15.5. The number of anilines is 1. The van der Waals surface area contributed by atoms with Crippen molar-refractivity contribution < 1.29 is 28.2 Å². The summed E-state index contributed by atoms with van der Waals surface area (Å²) in [6.07, 6.45) is 4.96. The van der Waals surface area contributed by atoms with Gasteiger partial charge in [0.15, 0.2) is 5.65 Å². The molecule has 2 aromatic carbocycles. The number of rotatable bonds is 14. The van der Waals surface area contributed by atoms with E-state index in [1.165, 1.54) is 6.07 Å². The van der Waals surface area contributed by atoms with Gasteiger partial charge in [-0.3, -0.25) is 14.4 Å². The van der Waals surface area contributed by atoms with Gasteiger partial charge < -0.3 is 25.4 Å². The Hall–Kier alpha value is -4.68. The maximum atomic E-state index is 14.5. The van der Waals surface area contributed by atoms with Gasteiger partial charge in [0.2, 0.25) is 11.8 Å². The van der Waals surface area contributed by atoms with Gasteiger partial charge >= 0.3 is 0 Å². The summed E-state index contributed by atoms with van der Waals surface area (Å²) in [6, 6.07) is 11.4. The van der Waals surface area contributed by atoms with Crippen LogP contribution in [-0.2, 0) is 45.1 Å². The normalized spacial score (nSPS) is 13.5. The number of hydrogen-bond donors (Lipinski definition) is 3. The largest absolute Gasteiger partial charge is 0.381 e. The summed E-state index contributed by atoms with van der Waals surface area (Å²) in [5.41, 5.74) is 5.51. The number of carbonyl (C=O) groups is 3. The van der Waals surface area contributed by atoms with E-state index in [1.807, 2.05) is 24.7 Å². The highest BCUT2D eigenvalue weighted by Gasteiger charge is 2.22. The van der Waals surface area contributed by atoms with Gasteiger partial charge in [0.05, 0.1) is 17.3 Å². The molecule has 5 rings (SSSR count). The minimum absolute atomic E-state index is 0.141. The number of fused-ring (bicyclic) bond motifs is 1. The van der Waals surface area contributed by atoms with Crippen molar-refractivity contribution in [1.29, 1.82) is 0 Å². The van der Waals surface area contributed by atoms with Crippen LogP contribution in [-0.4, -0.2) is 65.3 Å². The zero-order valence-corrected chi connectivity index (χ0v) is 26.1. The Bertz CT molecular complexity index is 1700. The first-order chi connectivity index (χ1) is 22.4. The third-order valence-corrected chi connectivity index (χ3v) is 7.96. The SMILES string of the molecule is CCc1nc2c(cnn2CC)c(NC2CCOCC2)c1CNC(=O)COCC(=O)NCc1ccc(F)c(-c2cccc(C=O)c2)c1. The number of hydrogen-bond acceptors (Lipinski definition) is 8. The summed E-state index contributed by atoms with van der Waals surface area (Å²) >= 11 is 0.